The van der Waals surface area contributed by atoms with Crippen molar-refractivity contribution in [3.63, 3.8) is 0 Å². The molecule has 0 spiro atoms. The second kappa shape index (κ2) is 12.1. The average Bonchev–Trinajstić information content (AvgIpc) is 3.23. The zero-order valence-electron chi connectivity index (χ0n) is 18.2. The second-order valence-electron chi connectivity index (χ2n) is 6.75. The van der Waals surface area contributed by atoms with Crippen molar-refractivity contribution < 1.29 is 14.3 Å². The molecular weight excluding hydrogens is 462 g/mol. The lowest BCUT2D eigenvalue weighted by atomic mass is 10.2. The number of para-hydroxylation sites is 2. The lowest BCUT2D eigenvalue weighted by Crippen LogP contribution is -2.22. The molecule has 0 unspecified atom stereocenters. The van der Waals surface area contributed by atoms with Gasteiger partial charge < -0.3 is 19.9 Å². The molecule has 0 fully saturated rings. The number of thioether (sulfide) groups is 1. The predicted octanol–water partition coefficient (Wildman–Crippen LogP) is 4.02. The molecule has 1 heterocycles. The monoisotopic (exact) mass is 485 g/mol. The average molecular weight is 486 g/mol. The van der Waals surface area contributed by atoms with Crippen molar-refractivity contribution in [3.05, 3.63) is 71.0 Å². The van der Waals surface area contributed by atoms with Crippen LogP contribution in [0.5, 0.6) is 5.75 Å². The number of carbonyl (C=O) groups excluding carboxylic acids is 2. The van der Waals surface area contributed by atoms with Crippen LogP contribution in [0.4, 0.5) is 5.69 Å². The summed E-state index contributed by atoms with van der Waals surface area (Å²) in [6.07, 6.45) is 3.08. The summed E-state index contributed by atoms with van der Waals surface area (Å²) >= 11 is 7.37. The molecule has 3 aromatic rings. The standard InChI is InChI=1S/C23H24ClN5O3S/c1-3-29-20(14-25-21(30)13-12-16-8-4-5-9-17(16)24)27-28-23(29)33-15-22(31)26-18-10-6-7-11-19(18)32-2/h4-13H,3,14-15H2,1-2H3,(H,25,30)(H,26,31)/b13-12+. The Kier molecular flexibility index (Phi) is 8.91. The number of anilines is 1. The van der Waals surface area contributed by atoms with E-state index in [4.69, 9.17) is 16.3 Å². The Balaban J connectivity index is 1.54. The number of rotatable bonds is 10. The van der Waals surface area contributed by atoms with Gasteiger partial charge >= 0.3 is 0 Å². The minimum absolute atomic E-state index is 0.156. The molecule has 0 saturated heterocycles. The Hall–Kier alpha value is -3.30. The van der Waals surface area contributed by atoms with Crippen LogP contribution in [0.2, 0.25) is 5.02 Å². The van der Waals surface area contributed by atoms with Crippen molar-refractivity contribution in [3.8, 4) is 5.75 Å². The van der Waals surface area contributed by atoms with E-state index in [1.807, 2.05) is 41.8 Å². The van der Waals surface area contributed by atoms with Gasteiger partial charge in [-0.2, -0.15) is 0 Å². The summed E-state index contributed by atoms with van der Waals surface area (Å²) in [7, 11) is 1.55. The van der Waals surface area contributed by atoms with E-state index in [1.165, 1.54) is 17.8 Å². The lowest BCUT2D eigenvalue weighted by Gasteiger charge is -2.10. The van der Waals surface area contributed by atoms with Gasteiger partial charge in [-0.1, -0.05) is 53.7 Å². The zero-order valence-corrected chi connectivity index (χ0v) is 19.8. The first-order valence-electron chi connectivity index (χ1n) is 10.2. The van der Waals surface area contributed by atoms with Crippen LogP contribution in [-0.2, 0) is 22.7 Å². The molecule has 8 nitrogen and oxygen atoms in total. The number of carbonyl (C=O) groups is 2. The Bertz CT molecular complexity index is 1150. The largest absolute Gasteiger partial charge is 0.495 e. The maximum atomic E-state index is 12.4. The number of nitrogens with zero attached hydrogens (tertiary/aromatic N) is 3. The summed E-state index contributed by atoms with van der Waals surface area (Å²) in [5, 5.41) is 15.1. The number of halogens is 1. The highest BCUT2D eigenvalue weighted by molar-refractivity contribution is 7.99. The molecule has 172 valence electrons. The number of aromatic nitrogens is 3. The van der Waals surface area contributed by atoms with Crippen LogP contribution in [0.3, 0.4) is 0 Å². The summed E-state index contributed by atoms with van der Waals surface area (Å²) in [6, 6.07) is 14.5. The summed E-state index contributed by atoms with van der Waals surface area (Å²) in [5.41, 5.74) is 1.37. The Labute approximate surface area is 201 Å². The van der Waals surface area contributed by atoms with Crippen molar-refractivity contribution in [2.24, 2.45) is 0 Å². The Morgan fingerprint density at radius 1 is 1.15 bits per heavy atom. The molecular formula is C23H24ClN5O3S. The molecule has 0 atom stereocenters. The van der Waals surface area contributed by atoms with Crippen LogP contribution >= 0.6 is 23.4 Å². The van der Waals surface area contributed by atoms with E-state index in [0.29, 0.717) is 34.0 Å². The quantitative estimate of drug-likeness (QED) is 0.332. The molecule has 2 amide bonds. The van der Waals surface area contributed by atoms with Crippen molar-refractivity contribution in [2.45, 2.75) is 25.2 Å². The second-order valence-corrected chi connectivity index (χ2v) is 8.10. The molecule has 0 aliphatic carbocycles. The fraction of sp³-hybridized carbons (Fsp3) is 0.217. The van der Waals surface area contributed by atoms with E-state index in [9.17, 15) is 9.59 Å². The first-order valence-corrected chi connectivity index (χ1v) is 11.6. The fourth-order valence-electron chi connectivity index (χ4n) is 2.94. The van der Waals surface area contributed by atoms with Crippen LogP contribution in [0.25, 0.3) is 6.08 Å². The minimum atomic E-state index is -0.272. The molecule has 0 aliphatic heterocycles. The van der Waals surface area contributed by atoms with Gasteiger partial charge in [0, 0.05) is 17.6 Å². The Morgan fingerprint density at radius 3 is 2.67 bits per heavy atom. The molecule has 0 aliphatic rings. The smallest absolute Gasteiger partial charge is 0.244 e. The van der Waals surface area contributed by atoms with Gasteiger partial charge in [-0.3, -0.25) is 9.59 Å². The summed E-state index contributed by atoms with van der Waals surface area (Å²) in [6.45, 7) is 2.76. The third-order valence-corrected chi connectivity index (χ3v) is 5.87. The number of ether oxygens (including phenoxy) is 1. The van der Waals surface area contributed by atoms with E-state index in [1.54, 1.807) is 31.4 Å². The van der Waals surface area contributed by atoms with Gasteiger partial charge in [0.25, 0.3) is 0 Å². The van der Waals surface area contributed by atoms with E-state index in [0.717, 1.165) is 5.56 Å². The topological polar surface area (TPSA) is 98.1 Å². The van der Waals surface area contributed by atoms with Crippen molar-refractivity contribution in [1.82, 2.24) is 20.1 Å². The van der Waals surface area contributed by atoms with E-state index >= 15 is 0 Å². The predicted molar refractivity (Wildman–Crippen MR) is 130 cm³/mol. The van der Waals surface area contributed by atoms with Gasteiger partial charge in [0.2, 0.25) is 11.8 Å². The lowest BCUT2D eigenvalue weighted by molar-refractivity contribution is -0.116. The first kappa shape index (κ1) is 24.3. The molecule has 2 N–H and O–H groups in total. The minimum Gasteiger partial charge on any atom is -0.495 e. The van der Waals surface area contributed by atoms with Gasteiger partial charge in [-0.05, 0) is 36.8 Å². The van der Waals surface area contributed by atoms with Gasteiger partial charge in [-0.25, -0.2) is 0 Å². The van der Waals surface area contributed by atoms with Gasteiger partial charge in [0.1, 0.15) is 5.75 Å². The SMILES string of the molecule is CCn1c(CNC(=O)/C=C/c2ccccc2Cl)nnc1SCC(=O)Nc1ccccc1OC. The molecule has 0 saturated carbocycles. The third-order valence-electron chi connectivity index (χ3n) is 4.56. The highest BCUT2D eigenvalue weighted by Crippen LogP contribution is 2.24. The molecule has 10 heteroatoms. The zero-order chi connectivity index (χ0) is 23.6. The van der Waals surface area contributed by atoms with Crippen molar-refractivity contribution in [1.29, 1.82) is 0 Å². The van der Waals surface area contributed by atoms with Crippen molar-refractivity contribution >= 4 is 46.9 Å². The van der Waals surface area contributed by atoms with Crippen LogP contribution in [0.1, 0.15) is 18.3 Å². The number of hydrogen-bond acceptors (Lipinski definition) is 6. The van der Waals surface area contributed by atoms with Crippen LogP contribution < -0.4 is 15.4 Å². The normalized spacial score (nSPS) is 10.9. The fourth-order valence-corrected chi connectivity index (χ4v) is 3.96. The van der Waals surface area contributed by atoms with Gasteiger partial charge in [0.15, 0.2) is 11.0 Å². The summed E-state index contributed by atoms with van der Waals surface area (Å²) in [5.74, 6) is 0.892. The molecule has 0 bridgehead atoms. The third kappa shape index (κ3) is 6.84. The van der Waals surface area contributed by atoms with Crippen LogP contribution in [0.15, 0.2) is 59.8 Å². The molecule has 3 rings (SSSR count). The van der Waals surface area contributed by atoms with Gasteiger partial charge in [0.05, 0.1) is 25.1 Å². The van der Waals surface area contributed by atoms with E-state index in [2.05, 4.69) is 20.8 Å². The van der Waals surface area contributed by atoms with Gasteiger partial charge in [-0.15, -0.1) is 10.2 Å². The van der Waals surface area contributed by atoms with Crippen LogP contribution in [0, 0.1) is 0 Å². The van der Waals surface area contributed by atoms with Crippen LogP contribution in [-0.4, -0.2) is 39.4 Å². The maximum absolute atomic E-state index is 12.4. The van der Waals surface area contributed by atoms with Crippen molar-refractivity contribution in [2.75, 3.05) is 18.2 Å². The molecule has 1 aromatic heterocycles. The summed E-state index contributed by atoms with van der Waals surface area (Å²) in [4.78, 5) is 24.6. The Morgan fingerprint density at radius 2 is 1.91 bits per heavy atom. The molecule has 33 heavy (non-hydrogen) atoms. The maximum Gasteiger partial charge on any atom is 0.244 e. The summed E-state index contributed by atoms with van der Waals surface area (Å²) < 4.78 is 7.11. The highest BCUT2D eigenvalue weighted by atomic mass is 35.5. The number of nitrogens with one attached hydrogen (secondary N) is 2. The number of amides is 2. The molecule has 2 aromatic carbocycles. The number of benzene rings is 2. The van der Waals surface area contributed by atoms with E-state index < -0.39 is 0 Å². The van der Waals surface area contributed by atoms with E-state index in [-0.39, 0.29) is 24.1 Å². The number of hydrogen-bond donors (Lipinski definition) is 2. The first-order chi connectivity index (χ1) is 16.0. The highest BCUT2D eigenvalue weighted by Gasteiger charge is 2.14. The molecule has 0 radical (unpaired) electrons. The number of methoxy groups -OCH3 is 1.